The molecule has 33 heavy (non-hydrogen) atoms. The highest BCUT2D eigenvalue weighted by Crippen LogP contribution is 2.30. The summed E-state index contributed by atoms with van der Waals surface area (Å²) in [6.07, 6.45) is 5.28. The third-order valence-corrected chi connectivity index (χ3v) is 8.05. The summed E-state index contributed by atoms with van der Waals surface area (Å²) in [7, 11) is -3.56. The summed E-state index contributed by atoms with van der Waals surface area (Å²) in [5.74, 6) is 0.648. The summed E-state index contributed by atoms with van der Waals surface area (Å²) in [4.78, 5) is 0.312. The number of nitrogens with one attached hydrogen (secondary N) is 1. The van der Waals surface area contributed by atoms with Gasteiger partial charge in [0, 0.05) is 25.2 Å². The lowest BCUT2D eigenvalue weighted by Gasteiger charge is -2.31. The number of hydrogen-bond donors (Lipinski definition) is 1. The van der Waals surface area contributed by atoms with Crippen LogP contribution in [0.1, 0.15) is 30.1 Å². The maximum absolute atomic E-state index is 13.2. The first-order valence-corrected chi connectivity index (χ1v) is 12.7. The van der Waals surface area contributed by atoms with Gasteiger partial charge in [0.1, 0.15) is 5.82 Å². The summed E-state index contributed by atoms with van der Waals surface area (Å²) >= 11 is 5.52. The van der Waals surface area contributed by atoms with E-state index in [4.69, 9.17) is 12.2 Å². The van der Waals surface area contributed by atoms with Gasteiger partial charge in [-0.1, -0.05) is 48.5 Å². The Labute approximate surface area is 197 Å². The summed E-state index contributed by atoms with van der Waals surface area (Å²) < 4.78 is 32.1. The van der Waals surface area contributed by atoms with E-state index >= 15 is 0 Å². The van der Waals surface area contributed by atoms with E-state index in [0.29, 0.717) is 29.3 Å². The molecule has 0 amide bonds. The average molecular weight is 481 g/mol. The van der Waals surface area contributed by atoms with Crippen molar-refractivity contribution in [2.75, 3.05) is 13.1 Å². The smallest absolute Gasteiger partial charge is 0.243 e. The van der Waals surface area contributed by atoms with Crippen molar-refractivity contribution in [3.8, 4) is 5.69 Å². The molecule has 3 heterocycles. The first kappa shape index (κ1) is 21.7. The lowest BCUT2D eigenvalue weighted by atomic mass is 9.99. The SMILES string of the molecule is O=S(=O)(c1ccccc1)N1CCC[C@H](c2n[nH]c(=S)n2-c2cnn(Cc3ccccc3)c2)C1. The molecule has 170 valence electrons. The molecule has 5 rings (SSSR count). The Balaban J connectivity index is 1.41. The molecule has 1 saturated heterocycles. The van der Waals surface area contributed by atoms with E-state index in [2.05, 4.69) is 27.4 Å². The van der Waals surface area contributed by atoms with E-state index in [1.165, 1.54) is 0 Å². The van der Waals surface area contributed by atoms with Gasteiger partial charge in [-0.25, -0.2) is 8.42 Å². The van der Waals surface area contributed by atoms with Gasteiger partial charge >= 0.3 is 0 Å². The van der Waals surface area contributed by atoms with E-state index in [9.17, 15) is 8.42 Å². The summed E-state index contributed by atoms with van der Waals surface area (Å²) in [6.45, 7) is 1.50. The molecule has 1 fully saturated rings. The second-order valence-electron chi connectivity index (χ2n) is 8.12. The van der Waals surface area contributed by atoms with Crippen LogP contribution < -0.4 is 0 Å². The Morgan fingerprint density at radius 3 is 2.55 bits per heavy atom. The van der Waals surface area contributed by atoms with Gasteiger partial charge in [-0.15, -0.1) is 0 Å². The van der Waals surface area contributed by atoms with Crippen molar-refractivity contribution >= 4 is 22.2 Å². The zero-order chi connectivity index (χ0) is 22.8. The first-order chi connectivity index (χ1) is 16.0. The predicted molar refractivity (Wildman–Crippen MR) is 127 cm³/mol. The lowest BCUT2D eigenvalue weighted by Crippen LogP contribution is -2.39. The van der Waals surface area contributed by atoms with Crippen molar-refractivity contribution in [2.45, 2.75) is 30.2 Å². The number of benzene rings is 2. The minimum absolute atomic E-state index is 0.0809. The fourth-order valence-corrected chi connectivity index (χ4v) is 6.06. The first-order valence-electron chi connectivity index (χ1n) is 10.8. The fraction of sp³-hybridized carbons (Fsp3) is 0.261. The largest absolute Gasteiger partial charge is 0.269 e. The van der Waals surface area contributed by atoms with Crippen molar-refractivity contribution in [3.05, 3.63) is 89.2 Å². The molecule has 0 aliphatic carbocycles. The van der Waals surface area contributed by atoms with Crippen LogP contribution in [0.25, 0.3) is 5.69 Å². The number of rotatable bonds is 6. The summed E-state index contributed by atoms with van der Waals surface area (Å²) in [5.41, 5.74) is 1.96. The molecule has 2 aromatic carbocycles. The molecule has 2 aromatic heterocycles. The normalized spacial score (nSPS) is 17.3. The highest BCUT2D eigenvalue weighted by molar-refractivity contribution is 7.89. The molecule has 0 unspecified atom stereocenters. The van der Waals surface area contributed by atoms with Crippen molar-refractivity contribution < 1.29 is 8.42 Å². The highest BCUT2D eigenvalue weighted by atomic mass is 32.2. The Hall–Kier alpha value is -3.08. The predicted octanol–water partition coefficient (Wildman–Crippen LogP) is 3.74. The zero-order valence-electron chi connectivity index (χ0n) is 17.9. The third-order valence-electron chi connectivity index (χ3n) is 5.89. The van der Waals surface area contributed by atoms with Gasteiger partial charge in [0.15, 0.2) is 4.77 Å². The molecular weight excluding hydrogens is 456 g/mol. The quantitative estimate of drug-likeness (QED) is 0.425. The third kappa shape index (κ3) is 4.41. The van der Waals surface area contributed by atoms with Crippen molar-refractivity contribution in [3.63, 3.8) is 0 Å². The van der Waals surface area contributed by atoms with E-state index < -0.39 is 10.0 Å². The molecule has 1 aliphatic heterocycles. The van der Waals surface area contributed by atoms with Crippen molar-refractivity contribution in [1.29, 1.82) is 0 Å². The van der Waals surface area contributed by atoms with Crippen molar-refractivity contribution in [2.24, 2.45) is 0 Å². The Kier molecular flexibility index (Phi) is 5.96. The van der Waals surface area contributed by atoms with Crippen molar-refractivity contribution in [1.82, 2.24) is 28.9 Å². The van der Waals surface area contributed by atoms with Crippen LogP contribution in [0, 0.1) is 4.77 Å². The number of aromatic nitrogens is 5. The molecule has 0 spiro atoms. The second-order valence-corrected chi connectivity index (χ2v) is 10.4. The second kappa shape index (κ2) is 9.05. The number of nitrogens with zero attached hydrogens (tertiary/aromatic N) is 5. The Morgan fingerprint density at radius 1 is 1.06 bits per heavy atom. The van der Waals surface area contributed by atoms with Crippen LogP contribution >= 0.6 is 12.2 Å². The number of hydrogen-bond acceptors (Lipinski definition) is 5. The molecule has 10 heteroatoms. The molecule has 8 nitrogen and oxygen atoms in total. The molecule has 0 radical (unpaired) electrons. The molecule has 1 atom stereocenters. The monoisotopic (exact) mass is 480 g/mol. The van der Waals surface area contributed by atoms with Gasteiger partial charge in [-0.05, 0) is 42.8 Å². The average Bonchev–Trinajstić information content (AvgIpc) is 3.46. The number of sulfonamides is 1. The fourth-order valence-electron chi connectivity index (χ4n) is 4.27. The van der Waals surface area contributed by atoms with Crippen LogP contribution in [0.15, 0.2) is 78.0 Å². The molecule has 0 bridgehead atoms. The van der Waals surface area contributed by atoms with Gasteiger partial charge in [-0.3, -0.25) is 14.3 Å². The van der Waals surface area contributed by atoms with Gasteiger partial charge in [-0.2, -0.15) is 14.5 Å². The Bertz CT molecular complexity index is 1390. The highest BCUT2D eigenvalue weighted by Gasteiger charge is 2.33. The van der Waals surface area contributed by atoms with Gasteiger partial charge in [0.2, 0.25) is 10.0 Å². The lowest BCUT2D eigenvalue weighted by molar-refractivity contribution is 0.307. The van der Waals surface area contributed by atoms with E-state index in [1.807, 2.05) is 39.7 Å². The molecule has 1 N–H and O–H groups in total. The number of aromatic amines is 1. The standard InChI is InChI=1S/C23H24N6O2S2/c30-33(31,21-11-5-2-6-12-21)28-13-7-10-19(16-28)22-25-26-23(32)29(22)20-14-24-27(17-20)15-18-8-3-1-4-9-18/h1-6,8-9,11-12,14,17,19H,7,10,13,15-16H2,(H,26,32)/t19-/m0/s1. The van der Waals surface area contributed by atoms with Crippen LogP contribution in [0.3, 0.4) is 0 Å². The molecule has 0 saturated carbocycles. The minimum atomic E-state index is -3.56. The van der Waals surface area contributed by atoms with E-state index in [-0.39, 0.29) is 5.92 Å². The topological polar surface area (TPSA) is 88.8 Å². The van der Waals surface area contributed by atoms with Gasteiger partial charge < -0.3 is 0 Å². The van der Waals surface area contributed by atoms with E-state index in [1.54, 1.807) is 34.8 Å². The number of piperidine rings is 1. The van der Waals surface area contributed by atoms with Crippen LogP contribution in [0.5, 0.6) is 0 Å². The van der Waals surface area contributed by atoms with Crippen LogP contribution in [0.2, 0.25) is 0 Å². The summed E-state index contributed by atoms with van der Waals surface area (Å²) in [6, 6.07) is 18.7. The maximum atomic E-state index is 13.2. The van der Waals surface area contributed by atoms with Gasteiger partial charge in [0.25, 0.3) is 0 Å². The maximum Gasteiger partial charge on any atom is 0.243 e. The number of H-pyrrole nitrogens is 1. The van der Waals surface area contributed by atoms with Crippen LogP contribution in [-0.2, 0) is 16.6 Å². The Morgan fingerprint density at radius 2 is 1.79 bits per heavy atom. The molecular formula is C23H24N6O2S2. The van der Waals surface area contributed by atoms with Crippen LogP contribution in [-0.4, -0.2) is 50.4 Å². The van der Waals surface area contributed by atoms with Crippen LogP contribution in [0.4, 0.5) is 0 Å². The van der Waals surface area contributed by atoms with Gasteiger partial charge in [0.05, 0.1) is 23.3 Å². The molecule has 1 aliphatic rings. The zero-order valence-corrected chi connectivity index (χ0v) is 19.5. The minimum Gasteiger partial charge on any atom is -0.269 e. The molecule has 4 aromatic rings. The van der Waals surface area contributed by atoms with E-state index in [0.717, 1.165) is 29.9 Å². The summed E-state index contributed by atoms with van der Waals surface area (Å²) in [5, 5.41) is 11.9.